The molecule has 0 unspecified atom stereocenters. The topological polar surface area (TPSA) is 46.5 Å². The summed E-state index contributed by atoms with van der Waals surface area (Å²) in [6.45, 7) is 0. The predicted molar refractivity (Wildman–Crippen MR) is 88.8 cm³/mol. The van der Waals surface area contributed by atoms with Crippen molar-refractivity contribution in [3.05, 3.63) is 77.4 Å². The van der Waals surface area contributed by atoms with E-state index in [1.807, 2.05) is 54.6 Å². The SMILES string of the molecule is COc1ccc(CC=Cc2ccccc2C=CC(=O)O)cc1. The van der Waals surface area contributed by atoms with Gasteiger partial charge >= 0.3 is 5.97 Å². The van der Waals surface area contributed by atoms with Crippen molar-refractivity contribution in [1.29, 1.82) is 0 Å². The molecule has 22 heavy (non-hydrogen) atoms. The molecule has 0 heterocycles. The molecule has 0 saturated carbocycles. The summed E-state index contributed by atoms with van der Waals surface area (Å²) in [6, 6.07) is 15.6. The summed E-state index contributed by atoms with van der Waals surface area (Å²) >= 11 is 0. The van der Waals surface area contributed by atoms with Crippen molar-refractivity contribution < 1.29 is 14.6 Å². The van der Waals surface area contributed by atoms with Crippen molar-refractivity contribution in [1.82, 2.24) is 0 Å². The third kappa shape index (κ3) is 4.63. The number of carboxylic acid groups (broad SMARTS) is 1. The predicted octanol–water partition coefficient (Wildman–Crippen LogP) is 4.05. The average Bonchev–Trinajstić information content (AvgIpc) is 2.54. The molecule has 0 aliphatic rings. The number of ether oxygens (including phenoxy) is 1. The lowest BCUT2D eigenvalue weighted by molar-refractivity contribution is -0.131. The summed E-state index contributed by atoms with van der Waals surface area (Å²) in [5, 5.41) is 8.72. The Morgan fingerprint density at radius 3 is 2.27 bits per heavy atom. The molecule has 3 nitrogen and oxygen atoms in total. The van der Waals surface area contributed by atoms with Crippen LogP contribution in [0, 0.1) is 0 Å². The third-order valence-electron chi connectivity index (χ3n) is 3.21. The molecule has 0 amide bonds. The van der Waals surface area contributed by atoms with Gasteiger partial charge in [-0.1, -0.05) is 48.6 Å². The van der Waals surface area contributed by atoms with Crippen LogP contribution in [0.3, 0.4) is 0 Å². The monoisotopic (exact) mass is 294 g/mol. The van der Waals surface area contributed by atoms with Crippen LogP contribution in [-0.4, -0.2) is 18.2 Å². The van der Waals surface area contributed by atoms with E-state index in [4.69, 9.17) is 9.84 Å². The minimum atomic E-state index is -0.947. The average molecular weight is 294 g/mol. The Balaban J connectivity index is 2.07. The fraction of sp³-hybridized carbons (Fsp3) is 0.105. The Labute approximate surface area is 130 Å². The number of hydrogen-bond donors (Lipinski definition) is 1. The molecule has 3 heteroatoms. The Morgan fingerprint density at radius 1 is 1.05 bits per heavy atom. The van der Waals surface area contributed by atoms with Gasteiger partial charge in [-0.2, -0.15) is 0 Å². The summed E-state index contributed by atoms with van der Waals surface area (Å²) < 4.78 is 5.13. The normalized spacial score (nSPS) is 11.1. The number of carboxylic acids is 1. The minimum absolute atomic E-state index is 0.807. The summed E-state index contributed by atoms with van der Waals surface area (Å²) in [4.78, 5) is 10.6. The first kappa shape index (κ1) is 15.6. The quantitative estimate of drug-likeness (QED) is 0.818. The van der Waals surface area contributed by atoms with Crippen LogP contribution in [0.15, 0.2) is 60.7 Å². The van der Waals surface area contributed by atoms with E-state index in [-0.39, 0.29) is 0 Å². The zero-order chi connectivity index (χ0) is 15.8. The maximum Gasteiger partial charge on any atom is 0.328 e. The molecular weight excluding hydrogens is 276 g/mol. The highest BCUT2D eigenvalue weighted by Gasteiger charge is 1.96. The smallest absolute Gasteiger partial charge is 0.328 e. The molecule has 2 rings (SSSR count). The molecule has 2 aromatic carbocycles. The van der Waals surface area contributed by atoms with Gasteiger partial charge in [0.25, 0.3) is 0 Å². The second-order valence-corrected chi connectivity index (χ2v) is 4.76. The molecular formula is C19H18O3. The zero-order valence-corrected chi connectivity index (χ0v) is 12.4. The molecule has 0 bridgehead atoms. The number of methoxy groups -OCH3 is 1. The maximum atomic E-state index is 10.6. The van der Waals surface area contributed by atoms with E-state index in [9.17, 15) is 4.79 Å². The van der Waals surface area contributed by atoms with E-state index < -0.39 is 5.97 Å². The Hall–Kier alpha value is -2.81. The van der Waals surface area contributed by atoms with Crippen molar-refractivity contribution in [2.45, 2.75) is 6.42 Å². The fourth-order valence-corrected chi connectivity index (χ4v) is 2.06. The van der Waals surface area contributed by atoms with Gasteiger partial charge in [-0.3, -0.25) is 0 Å². The van der Waals surface area contributed by atoms with Gasteiger partial charge in [-0.05, 0) is 41.3 Å². The number of carbonyl (C=O) groups is 1. The number of rotatable bonds is 6. The standard InChI is InChI=1S/C19H18O3/c1-22-18-12-9-15(10-13-18)5-4-8-16-6-2-3-7-17(16)11-14-19(20)21/h2-4,6-14H,5H2,1H3,(H,20,21). The number of benzene rings is 2. The third-order valence-corrected chi connectivity index (χ3v) is 3.21. The lowest BCUT2D eigenvalue weighted by Gasteiger charge is -2.02. The first-order chi connectivity index (χ1) is 10.7. The van der Waals surface area contributed by atoms with Crippen molar-refractivity contribution in [3.63, 3.8) is 0 Å². The Bertz CT molecular complexity index is 682. The largest absolute Gasteiger partial charge is 0.497 e. The summed E-state index contributed by atoms with van der Waals surface area (Å²) in [5.74, 6) is -0.103. The van der Waals surface area contributed by atoms with Crippen LogP contribution in [0.2, 0.25) is 0 Å². The molecule has 0 spiro atoms. The van der Waals surface area contributed by atoms with E-state index in [0.717, 1.165) is 29.4 Å². The van der Waals surface area contributed by atoms with Crippen LogP contribution in [0.5, 0.6) is 5.75 Å². The minimum Gasteiger partial charge on any atom is -0.497 e. The first-order valence-corrected chi connectivity index (χ1v) is 6.98. The van der Waals surface area contributed by atoms with E-state index in [1.54, 1.807) is 13.2 Å². The number of allylic oxidation sites excluding steroid dienone is 1. The van der Waals surface area contributed by atoms with Crippen LogP contribution in [0.1, 0.15) is 16.7 Å². The number of aliphatic carboxylic acids is 1. The van der Waals surface area contributed by atoms with Crippen LogP contribution >= 0.6 is 0 Å². The van der Waals surface area contributed by atoms with Gasteiger partial charge in [0.2, 0.25) is 0 Å². The summed E-state index contributed by atoms with van der Waals surface area (Å²) in [7, 11) is 1.65. The van der Waals surface area contributed by atoms with Crippen LogP contribution < -0.4 is 4.74 Å². The molecule has 1 N–H and O–H groups in total. The second-order valence-electron chi connectivity index (χ2n) is 4.76. The lowest BCUT2D eigenvalue weighted by Crippen LogP contribution is -1.87. The summed E-state index contributed by atoms with van der Waals surface area (Å²) in [5.41, 5.74) is 3.07. The Morgan fingerprint density at radius 2 is 1.68 bits per heavy atom. The van der Waals surface area contributed by atoms with Gasteiger partial charge in [0.1, 0.15) is 5.75 Å². The van der Waals surface area contributed by atoms with Crippen molar-refractivity contribution in [3.8, 4) is 5.75 Å². The van der Waals surface area contributed by atoms with Gasteiger partial charge in [-0.15, -0.1) is 0 Å². The van der Waals surface area contributed by atoms with Gasteiger partial charge in [0.05, 0.1) is 7.11 Å². The highest BCUT2D eigenvalue weighted by molar-refractivity contribution is 5.86. The molecule has 0 saturated heterocycles. The molecule has 2 aromatic rings. The molecule has 0 atom stereocenters. The van der Waals surface area contributed by atoms with Crippen molar-refractivity contribution >= 4 is 18.1 Å². The fourth-order valence-electron chi connectivity index (χ4n) is 2.06. The van der Waals surface area contributed by atoms with Crippen LogP contribution in [-0.2, 0) is 11.2 Å². The first-order valence-electron chi connectivity index (χ1n) is 6.98. The van der Waals surface area contributed by atoms with Gasteiger partial charge in [0.15, 0.2) is 0 Å². The molecule has 0 fully saturated rings. The number of hydrogen-bond acceptors (Lipinski definition) is 2. The van der Waals surface area contributed by atoms with E-state index in [0.29, 0.717) is 0 Å². The zero-order valence-electron chi connectivity index (χ0n) is 12.4. The highest BCUT2D eigenvalue weighted by atomic mass is 16.5. The van der Waals surface area contributed by atoms with Crippen LogP contribution in [0.25, 0.3) is 12.2 Å². The molecule has 0 aliphatic carbocycles. The molecule has 112 valence electrons. The molecule has 0 aliphatic heterocycles. The van der Waals surface area contributed by atoms with Crippen molar-refractivity contribution in [2.75, 3.05) is 7.11 Å². The maximum absolute atomic E-state index is 10.6. The van der Waals surface area contributed by atoms with E-state index >= 15 is 0 Å². The highest BCUT2D eigenvalue weighted by Crippen LogP contribution is 2.15. The Kier molecular flexibility index (Phi) is 5.55. The lowest BCUT2D eigenvalue weighted by atomic mass is 10.1. The molecule has 0 aromatic heterocycles. The van der Waals surface area contributed by atoms with E-state index in [2.05, 4.69) is 6.08 Å². The van der Waals surface area contributed by atoms with Gasteiger partial charge < -0.3 is 9.84 Å². The van der Waals surface area contributed by atoms with Crippen molar-refractivity contribution in [2.24, 2.45) is 0 Å². The van der Waals surface area contributed by atoms with E-state index in [1.165, 1.54) is 5.56 Å². The summed E-state index contributed by atoms with van der Waals surface area (Å²) in [6.07, 6.45) is 7.63. The van der Waals surface area contributed by atoms with Gasteiger partial charge in [0, 0.05) is 6.08 Å². The molecule has 0 radical (unpaired) electrons. The van der Waals surface area contributed by atoms with Crippen LogP contribution in [0.4, 0.5) is 0 Å². The second kappa shape index (κ2) is 7.84. The van der Waals surface area contributed by atoms with Gasteiger partial charge in [-0.25, -0.2) is 4.79 Å².